The van der Waals surface area contributed by atoms with Crippen molar-refractivity contribution in [3.63, 3.8) is 0 Å². The Kier molecular flexibility index (Phi) is 4.05. The zero-order valence-electron chi connectivity index (χ0n) is 9.66. The van der Waals surface area contributed by atoms with Gasteiger partial charge in [0, 0.05) is 12.1 Å². The van der Waals surface area contributed by atoms with E-state index in [0.29, 0.717) is 6.04 Å². The average molecular weight is 287 g/mol. The highest BCUT2D eigenvalue weighted by Crippen LogP contribution is 2.23. The van der Waals surface area contributed by atoms with Crippen molar-refractivity contribution in [3.05, 3.63) is 22.6 Å². The lowest BCUT2D eigenvalue weighted by molar-refractivity contribution is 0.114. The van der Waals surface area contributed by atoms with Crippen LogP contribution in [0.5, 0.6) is 0 Å². The standard InChI is InChI=1S/C12H19BrN2O/c1-9(14)11-4-2-3-7-15(11)8-10-5-6-12(13)16-10/h5-6,9,11H,2-4,7-8,14H2,1H3. The number of nitrogens with zero attached hydrogens (tertiary/aromatic N) is 1. The second-order valence-electron chi connectivity index (χ2n) is 4.60. The summed E-state index contributed by atoms with van der Waals surface area (Å²) in [5.74, 6) is 1.01. The third-order valence-corrected chi connectivity index (χ3v) is 3.69. The maximum absolute atomic E-state index is 6.03. The number of hydrogen-bond donors (Lipinski definition) is 1. The van der Waals surface area contributed by atoms with E-state index in [1.54, 1.807) is 0 Å². The van der Waals surface area contributed by atoms with Crippen LogP contribution in [0.3, 0.4) is 0 Å². The molecule has 0 aromatic carbocycles. The van der Waals surface area contributed by atoms with Gasteiger partial charge in [-0.1, -0.05) is 6.42 Å². The summed E-state index contributed by atoms with van der Waals surface area (Å²) < 4.78 is 6.35. The Labute approximate surface area is 105 Å². The van der Waals surface area contributed by atoms with Crippen LogP contribution < -0.4 is 5.73 Å². The monoisotopic (exact) mass is 286 g/mol. The largest absolute Gasteiger partial charge is 0.453 e. The van der Waals surface area contributed by atoms with E-state index in [2.05, 4.69) is 27.8 Å². The molecule has 2 unspecified atom stereocenters. The second kappa shape index (κ2) is 5.34. The van der Waals surface area contributed by atoms with Crippen molar-refractivity contribution in [2.75, 3.05) is 6.54 Å². The fourth-order valence-electron chi connectivity index (χ4n) is 2.45. The van der Waals surface area contributed by atoms with E-state index in [1.807, 2.05) is 12.1 Å². The molecule has 2 atom stereocenters. The van der Waals surface area contributed by atoms with Crippen LogP contribution in [0.4, 0.5) is 0 Å². The predicted octanol–water partition coefficient (Wildman–Crippen LogP) is 2.74. The van der Waals surface area contributed by atoms with Crippen molar-refractivity contribution in [3.8, 4) is 0 Å². The second-order valence-corrected chi connectivity index (χ2v) is 5.38. The molecule has 0 bridgehead atoms. The van der Waals surface area contributed by atoms with Gasteiger partial charge in [0.2, 0.25) is 0 Å². The lowest BCUT2D eigenvalue weighted by atomic mass is 9.97. The third kappa shape index (κ3) is 2.87. The Hall–Kier alpha value is -0.320. The summed E-state index contributed by atoms with van der Waals surface area (Å²) in [6, 6.07) is 4.70. The van der Waals surface area contributed by atoms with E-state index >= 15 is 0 Å². The van der Waals surface area contributed by atoms with Gasteiger partial charge >= 0.3 is 0 Å². The molecule has 2 N–H and O–H groups in total. The minimum Gasteiger partial charge on any atom is -0.453 e. The van der Waals surface area contributed by atoms with Gasteiger partial charge in [0.15, 0.2) is 4.67 Å². The third-order valence-electron chi connectivity index (χ3n) is 3.26. The molecule has 4 heteroatoms. The highest BCUT2D eigenvalue weighted by molar-refractivity contribution is 9.10. The van der Waals surface area contributed by atoms with Gasteiger partial charge in [0.05, 0.1) is 6.54 Å². The molecule has 2 heterocycles. The number of likely N-dealkylation sites (tertiary alicyclic amines) is 1. The van der Waals surface area contributed by atoms with Crippen LogP contribution in [0, 0.1) is 0 Å². The molecule has 0 spiro atoms. The predicted molar refractivity (Wildman–Crippen MR) is 68.1 cm³/mol. The van der Waals surface area contributed by atoms with Gasteiger partial charge in [0.1, 0.15) is 5.76 Å². The van der Waals surface area contributed by atoms with Crippen LogP contribution in [0.2, 0.25) is 0 Å². The number of rotatable bonds is 3. The summed E-state index contributed by atoms with van der Waals surface area (Å²) in [7, 11) is 0. The summed E-state index contributed by atoms with van der Waals surface area (Å²) in [6.07, 6.45) is 3.77. The topological polar surface area (TPSA) is 42.4 Å². The van der Waals surface area contributed by atoms with Gasteiger partial charge in [-0.15, -0.1) is 0 Å². The molecule has 0 radical (unpaired) electrons. The lowest BCUT2D eigenvalue weighted by Gasteiger charge is -2.37. The molecule has 1 fully saturated rings. The maximum atomic E-state index is 6.03. The first kappa shape index (κ1) is 12.1. The number of hydrogen-bond acceptors (Lipinski definition) is 3. The Bertz CT molecular complexity index is 338. The molecule has 90 valence electrons. The molecule has 1 aliphatic rings. The molecule has 1 saturated heterocycles. The van der Waals surface area contributed by atoms with Crippen LogP contribution in [0.15, 0.2) is 21.2 Å². The highest BCUT2D eigenvalue weighted by atomic mass is 79.9. The van der Waals surface area contributed by atoms with Crippen molar-refractivity contribution in [1.29, 1.82) is 0 Å². The number of halogens is 1. The first-order valence-corrected chi connectivity index (χ1v) is 6.70. The molecule has 3 nitrogen and oxygen atoms in total. The smallest absolute Gasteiger partial charge is 0.169 e. The van der Waals surface area contributed by atoms with Crippen molar-refractivity contribution in [1.82, 2.24) is 4.90 Å². The molecule has 16 heavy (non-hydrogen) atoms. The van der Waals surface area contributed by atoms with Crippen molar-refractivity contribution >= 4 is 15.9 Å². The van der Waals surface area contributed by atoms with Gasteiger partial charge in [0.25, 0.3) is 0 Å². The van der Waals surface area contributed by atoms with E-state index < -0.39 is 0 Å². The number of furan rings is 1. The molecule has 1 aliphatic heterocycles. The Morgan fingerprint density at radius 2 is 2.38 bits per heavy atom. The van der Waals surface area contributed by atoms with Crippen LogP contribution in [0.1, 0.15) is 31.9 Å². The molecule has 0 aliphatic carbocycles. The zero-order valence-corrected chi connectivity index (χ0v) is 11.2. The summed E-state index contributed by atoms with van der Waals surface area (Å²) in [5, 5.41) is 0. The molecule has 0 saturated carbocycles. The van der Waals surface area contributed by atoms with Crippen LogP contribution in [-0.2, 0) is 6.54 Å². The highest BCUT2D eigenvalue weighted by Gasteiger charge is 2.25. The Morgan fingerprint density at radius 3 is 3.00 bits per heavy atom. The van der Waals surface area contributed by atoms with E-state index in [0.717, 1.165) is 23.5 Å². The summed E-state index contributed by atoms with van der Waals surface area (Å²) in [6.45, 7) is 4.10. The van der Waals surface area contributed by atoms with Gasteiger partial charge in [-0.2, -0.15) is 0 Å². The van der Waals surface area contributed by atoms with E-state index in [4.69, 9.17) is 10.2 Å². The van der Waals surface area contributed by atoms with Gasteiger partial charge in [-0.3, -0.25) is 4.90 Å². The van der Waals surface area contributed by atoms with Crippen LogP contribution in [-0.4, -0.2) is 23.5 Å². The summed E-state index contributed by atoms with van der Waals surface area (Å²) in [4.78, 5) is 2.44. The van der Waals surface area contributed by atoms with Gasteiger partial charge < -0.3 is 10.2 Å². The van der Waals surface area contributed by atoms with Gasteiger partial charge in [-0.25, -0.2) is 0 Å². The zero-order chi connectivity index (χ0) is 11.5. The molecular weight excluding hydrogens is 268 g/mol. The molecule has 1 aromatic rings. The normalized spacial score (nSPS) is 24.6. The quantitative estimate of drug-likeness (QED) is 0.929. The SMILES string of the molecule is CC(N)C1CCCCN1Cc1ccc(Br)o1. The number of piperidine rings is 1. The van der Waals surface area contributed by atoms with Crippen LogP contribution in [0.25, 0.3) is 0 Å². The molecule has 1 aromatic heterocycles. The minimum atomic E-state index is 0.235. The average Bonchev–Trinajstić information content (AvgIpc) is 2.64. The van der Waals surface area contributed by atoms with Gasteiger partial charge in [-0.05, 0) is 54.4 Å². The van der Waals surface area contributed by atoms with E-state index in [1.165, 1.54) is 19.3 Å². The number of nitrogens with two attached hydrogens (primary N) is 1. The Balaban J connectivity index is 2.01. The Morgan fingerprint density at radius 1 is 1.56 bits per heavy atom. The first-order valence-electron chi connectivity index (χ1n) is 5.90. The van der Waals surface area contributed by atoms with E-state index in [9.17, 15) is 0 Å². The van der Waals surface area contributed by atoms with Crippen LogP contribution >= 0.6 is 15.9 Å². The molecule has 2 rings (SSSR count). The fraction of sp³-hybridized carbons (Fsp3) is 0.667. The fourth-order valence-corrected chi connectivity index (χ4v) is 2.79. The van der Waals surface area contributed by atoms with Crippen molar-refractivity contribution < 1.29 is 4.42 Å². The first-order chi connectivity index (χ1) is 7.66. The van der Waals surface area contributed by atoms with Crippen molar-refractivity contribution in [2.24, 2.45) is 5.73 Å². The summed E-state index contributed by atoms with van der Waals surface area (Å²) in [5.41, 5.74) is 6.03. The molecule has 0 amide bonds. The molecular formula is C12H19BrN2O. The maximum Gasteiger partial charge on any atom is 0.169 e. The van der Waals surface area contributed by atoms with E-state index in [-0.39, 0.29) is 6.04 Å². The van der Waals surface area contributed by atoms with Crippen molar-refractivity contribution in [2.45, 2.75) is 44.8 Å². The lowest BCUT2D eigenvalue weighted by Crippen LogP contribution is -2.48. The minimum absolute atomic E-state index is 0.235. The summed E-state index contributed by atoms with van der Waals surface area (Å²) >= 11 is 3.33.